The van der Waals surface area contributed by atoms with E-state index in [0.717, 1.165) is 13.1 Å². The number of nitrogens with zero attached hydrogens (tertiary/aromatic N) is 4. The molecule has 124 valence electrons. The molecule has 1 amide bonds. The third-order valence-electron chi connectivity index (χ3n) is 3.88. The highest BCUT2D eigenvalue weighted by Gasteiger charge is 2.32. The van der Waals surface area contributed by atoms with Crippen LogP contribution in [0.5, 0.6) is 0 Å². The quantitative estimate of drug-likeness (QED) is 0.465. The number of likely N-dealkylation sites (tertiary alicyclic amines) is 1. The predicted molar refractivity (Wildman–Crippen MR) is 80.2 cm³/mol. The molecule has 0 spiro atoms. The van der Waals surface area contributed by atoms with E-state index in [2.05, 4.69) is 10.0 Å². The van der Waals surface area contributed by atoms with Gasteiger partial charge < -0.3 is 9.15 Å². The molecular formula is C14H18N4O5. The molecule has 23 heavy (non-hydrogen) atoms. The van der Waals surface area contributed by atoms with Gasteiger partial charge in [-0.2, -0.15) is 10.1 Å². The highest BCUT2D eigenvalue weighted by atomic mass is 16.6. The zero-order valence-electron chi connectivity index (χ0n) is 12.6. The average molecular weight is 322 g/mol. The molecule has 1 aromatic rings. The summed E-state index contributed by atoms with van der Waals surface area (Å²) in [6.45, 7) is 3.15. The Morgan fingerprint density at radius 3 is 2.83 bits per heavy atom. The van der Waals surface area contributed by atoms with E-state index in [9.17, 15) is 14.9 Å². The second kappa shape index (κ2) is 6.78. The molecule has 3 rings (SSSR count). The molecule has 1 aromatic heterocycles. The maximum Gasteiger partial charge on any atom is 0.433 e. The van der Waals surface area contributed by atoms with E-state index in [1.54, 1.807) is 0 Å². The number of ether oxygens (including phenoxy) is 1. The molecule has 2 fully saturated rings. The van der Waals surface area contributed by atoms with Crippen molar-refractivity contribution in [1.29, 1.82) is 0 Å². The number of piperidine rings is 1. The largest absolute Gasteiger partial charge is 0.441 e. The smallest absolute Gasteiger partial charge is 0.433 e. The zero-order chi connectivity index (χ0) is 16.2. The molecule has 0 aliphatic carbocycles. The van der Waals surface area contributed by atoms with Gasteiger partial charge in [-0.25, -0.2) is 4.79 Å². The van der Waals surface area contributed by atoms with Crippen LogP contribution in [0, 0.1) is 10.1 Å². The van der Waals surface area contributed by atoms with E-state index in [1.165, 1.54) is 42.6 Å². The van der Waals surface area contributed by atoms with Crippen LogP contribution in [0.3, 0.4) is 0 Å². The monoisotopic (exact) mass is 322 g/mol. The van der Waals surface area contributed by atoms with Crippen molar-refractivity contribution in [3.8, 4) is 0 Å². The highest BCUT2D eigenvalue weighted by molar-refractivity contribution is 5.78. The van der Waals surface area contributed by atoms with Crippen molar-refractivity contribution < 1.29 is 18.9 Å². The van der Waals surface area contributed by atoms with Gasteiger partial charge in [-0.05, 0) is 32.0 Å². The van der Waals surface area contributed by atoms with Gasteiger partial charge in [0.15, 0.2) is 5.76 Å². The van der Waals surface area contributed by atoms with Crippen LogP contribution < -0.4 is 0 Å². The van der Waals surface area contributed by atoms with Crippen molar-refractivity contribution in [3.63, 3.8) is 0 Å². The normalized spacial score (nSPS) is 22.7. The molecule has 3 heterocycles. The summed E-state index contributed by atoms with van der Waals surface area (Å²) in [7, 11) is 0. The minimum absolute atomic E-state index is 0.205. The molecule has 0 bridgehead atoms. The number of hydrogen-bond donors (Lipinski definition) is 0. The number of rotatable bonds is 5. The maximum atomic E-state index is 11.8. The van der Waals surface area contributed by atoms with Crippen molar-refractivity contribution in [2.75, 3.05) is 26.2 Å². The Balaban J connectivity index is 1.54. The third-order valence-corrected chi connectivity index (χ3v) is 3.88. The Hall–Kier alpha value is -2.42. The summed E-state index contributed by atoms with van der Waals surface area (Å²) >= 11 is 0. The highest BCUT2D eigenvalue weighted by Crippen LogP contribution is 2.17. The first-order valence-corrected chi connectivity index (χ1v) is 7.60. The van der Waals surface area contributed by atoms with E-state index in [0.29, 0.717) is 13.1 Å². The van der Waals surface area contributed by atoms with Gasteiger partial charge in [0, 0.05) is 6.54 Å². The van der Waals surface area contributed by atoms with Gasteiger partial charge in [0.2, 0.25) is 0 Å². The van der Waals surface area contributed by atoms with Crippen LogP contribution in [-0.4, -0.2) is 59.4 Å². The Morgan fingerprint density at radius 2 is 2.13 bits per heavy atom. The lowest BCUT2D eigenvalue weighted by Gasteiger charge is -2.27. The third kappa shape index (κ3) is 3.86. The van der Waals surface area contributed by atoms with Gasteiger partial charge in [0.05, 0.1) is 18.8 Å². The van der Waals surface area contributed by atoms with Crippen LogP contribution in [0.1, 0.15) is 25.0 Å². The van der Waals surface area contributed by atoms with Crippen molar-refractivity contribution in [2.45, 2.75) is 25.4 Å². The van der Waals surface area contributed by atoms with Crippen LogP contribution >= 0.6 is 0 Å². The number of cyclic esters (lactones) is 1. The van der Waals surface area contributed by atoms with E-state index in [1.807, 2.05) is 0 Å². The van der Waals surface area contributed by atoms with Gasteiger partial charge in [-0.15, -0.1) is 0 Å². The number of hydrazone groups is 1. The SMILES string of the molecule is O=C1O[C@H](CN2CCCCC2)CN1/N=C/c1ccc([N+](=O)[O-])o1. The molecule has 0 aromatic carbocycles. The molecule has 9 nitrogen and oxygen atoms in total. The molecule has 2 aliphatic heterocycles. The predicted octanol–water partition coefficient (Wildman–Crippen LogP) is 1.83. The zero-order valence-corrected chi connectivity index (χ0v) is 12.6. The van der Waals surface area contributed by atoms with Crippen molar-refractivity contribution in [3.05, 3.63) is 28.0 Å². The molecule has 2 aliphatic rings. The molecule has 0 radical (unpaired) electrons. The van der Waals surface area contributed by atoms with Gasteiger partial charge in [0.25, 0.3) is 0 Å². The van der Waals surface area contributed by atoms with Crippen molar-refractivity contribution in [1.82, 2.24) is 9.91 Å². The fourth-order valence-corrected chi connectivity index (χ4v) is 2.76. The molecule has 0 N–H and O–H groups in total. The first-order chi connectivity index (χ1) is 11.1. The second-order valence-electron chi connectivity index (χ2n) is 5.63. The second-order valence-corrected chi connectivity index (χ2v) is 5.63. The first kappa shape index (κ1) is 15.5. The topological polar surface area (TPSA) is 101 Å². The van der Waals surface area contributed by atoms with Gasteiger partial charge in [0.1, 0.15) is 11.0 Å². The maximum absolute atomic E-state index is 11.8. The molecule has 1 atom stereocenters. The Kier molecular flexibility index (Phi) is 4.56. The van der Waals surface area contributed by atoms with E-state index >= 15 is 0 Å². The van der Waals surface area contributed by atoms with Crippen molar-refractivity contribution >= 4 is 18.2 Å². The van der Waals surface area contributed by atoms with Crippen molar-refractivity contribution in [2.24, 2.45) is 5.10 Å². The van der Waals surface area contributed by atoms with E-state index in [4.69, 9.17) is 9.15 Å². The summed E-state index contributed by atoms with van der Waals surface area (Å²) in [4.78, 5) is 24.0. The molecule has 0 saturated carbocycles. The minimum atomic E-state index is -0.629. The fraction of sp³-hybridized carbons (Fsp3) is 0.571. The number of carbonyl (C=O) groups excluding carboxylic acids is 1. The lowest BCUT2D eigenvalue weighted by molar-refractivity contribution is -0.402. The van der Waals surface area contributed by atoms with Gasteiger partial charge in [-0.1, -0.05) is 6.42 Å². The van der Waals surface area contributed by atoms with Gasteiger partial charge in [-0.3, -0.25) is 15.0 Å². The number of nitro groups is 1. The Bertz CT molecular complexity index is 608. The number of amides is 1. The number of carbonyl (C=O) groups is 1. The first-order valence-electron chi connectivity index (χ1n) is 7.60. The molecule has 9 heteroatoms. The lowest BCUT2D eigenvalue weighted by atomic mass is 10.1. The summed E-state index contributed by atoms with van der Waals surface area (Å²) < 4.78 is 10.3. The average Bonchev–Trinajstić information content (AvgIpc) is 3.13. The van der Waals surface area contributed by atoms with E-state index < -0.39 is 11.0 Å². The minimum Gasteiger partial charge on any atom is -0.441 e. The standard InChI is InChI=1S/C14H18N4O5/c19-14-17(15-8-11-4-5-13(22-11)18(20)21)10-12(23-14)9-16-6-2-1-3-7-16/h4-5,8,12H,1-3,6-7,9-10H2/b15-8+/t12-/m1/s1. The van der Waals surface area contributed by atoms with Crippen LogP contribution in [0.25, 0.3) is 0 Å². The van der Waals surface area contributed by atoms with Crippen LogP contribution in [0.4, 0.5) is 10.7 Å². The van der Waals surface area contributed by atoms with Crippen LogP contribution in [0.15, 0.2) is 21.7 Å². The summed E-state index contributed by atoms with van der Waals surface area (Å²) in [6, 6.07) is 2.66. The van der Waals surface area contributed by atoms with E-state index in [-0.39, 0.29) is 17.7 Å². The summed E-state index contributed by atoms with van der Waals surface area (Å²) in [5.41, 5.74) is 0. The summed E-state index contributed by atoms with van der Waals surface area (Å²) in [5.74, 6) is -0.151. The summed E-state index contributed by atoms with van der Waals surface area (Å²) in [6.07, 6.45) is 4.18. The number of furan rings is 1. The fourth-order valence-electron chi connectivity index (χ4n) is 2.76. The van der Waals surface area contributed by atoms with Crippen LogP contribution in [0.2, 0.25) is 0 Å². The molecule has 0 unspecified atom stereocenters. The Morgan fingerprint density at radius 1 is 1.35 bits per heavy atom. The Labute approximate surface area is 132 Å². The summed E-state index contributed by atoms with van der Waals surface area (Å²) in [5, 5.41) is 15.7. The van der Waals surface area contributed by atoms with Crippen LogP contribution in [-0.2, 0) is 4.74 Å². The molecule has 2 saturated heterocycles. The number of hydrogen-bond acceptors (Lipinski definition) is 7. The van der Waals surface area contributed by atoms with Gasteiger partial charge >= 0.3 is 12.0 Å². The molecular weight excluding hydrogens is 304 g/mol. The lowest BCUT2D eigenvalue weighted by Crippen LogP contribution is -2.37.